The Hall–Kier alpha value is -2.43. The molecule has 5 heteroatoms. The zero-order valence-electron chi connectivity index (χ0n) is 9.95. The molecule has 2 rings (SSSR count). The minimum absolute atomic E-state index is 0.364. The summed E-state index contributed by atoms with van der Waals surface area (Å²) in [6.45, 7) is 2.13. The molecule has 0 saturated heterocycles. The van der Waals surface area contributed by atoms with Gasteiger partial charge in [0.05, 0.1) is 18.1 Å². The van der Waals surface area contributed by atoms with Crippen LogP contribution in [0.25, 0.3) is 11.4 Å². The topological polar surface area (TPSA) is 66.3 Å². The van der Waals surface area contributed by atoms with Crippen LogP contribution in [0.1, 0.15) is 6.92 Å². The standard InChI is InChI=1S/C13H13N3O2/c1-2-16(13(17)18)11-8-14-12(15-9-11)10-6-4-3-5-7-10/h3-9H,2H2,1H3,(H,17,18). The van der Waals surface area contributed by atoms with E-state index < -0.39 is 6.09 Å². The van der Waals surface area contributed by atoms with E-state index in [1.807, 2.05) is 30.3 Å². The molecular weight excluding hydrogens is 230 g/mol. The first kappa shape index (κ1) is 12.0. The summed E-state index contributed by atoms with van der Waals surface area (Å²) >= 11 is 0. The summed E-state index contributed by atoms with van der Waals surface area (Å²) in [7, 11) is 0. The third-order valence-corrected chi connectivity index (χ3v) is 2.53. The summed E-state index contributed by atoms with van der Waals surface area (Å²) in [5.41, 5.74) is 1.38. The Morgan fingerprint density at radius 3 is 2.33 bits per heavy atom. The molecule has 1 amide bonds. The fourth-order valence-electron chi connectivity index (χ4n) is 1.63. The predicted octanol–water partition coefficient (Wildman–Crippen LogP) is 2.65. The third kappa shape index (κ3) is 2.45. The lowest BCUT2D eigenvalue weighted by molar-refractivity contribution is 0.202. The van der Waals surface area contributed by atoms with E-state index in [9.17, 15) is 4.79 Å². The summed E-state index contributed by atoms with van der Waals surface area (Å²) in [4.78, 5) is 20.5. The van der Waals surface area contributed by atoms with Crippen molar-refractivity contribution in [2.75, 3.05) is 11.4 Å². The molecule has 1 aromatic heterocycles. The van der Waals surface area contributed by atoms with Gasteiger partial charge in [-0.05, 0) is 6.92 Å². The fourth-order valence-corrected chi connectivity index (χ4v) is 1.63. The second-order valence-electron chi connectivity index (χ2n) is 3.66. The Balaban J connectivity index is 2.28. The zero-order valence-corrected chi connectivity index (χ0v) is 9.95. The molecule has 0 atom stereocenters. The molecule has 0 unspecified atom stereocenters. The quantitative estimate of drug-likeness (QED) is 0.899. The van der Waals surface area contributed by atoms with Crippen LogP contribution in [-0.2, 0) is 0 Å². The molecule has 0 radical (unpaired) electrons. The Bertz CT molecular complexity index is 526. The van der Waals surface area contributed by atoms with E-state index >= 15 is 0 Å². The number of carbonyl (C=O) groups is 1. The van der Waals surface area contributed by atoms with Crippen LogP contribution in [0, 0.1) is 0 Å². The van der Waals surface area contributed by atoms with Crippen molar-refractivity contribution in [3.8, 4) is 11.4 Å². The molecule has 5 nitrogen and oxygen atoms in total. The highest BCUT2D eigenvalue weighted by atomic mass is 16.4. The number of aromatic nitrogens is 2. The van der Waals surface area contributed by atoms with Gasteiger partial charge in [0.25, 0.3) is 0 Å². The van der Waals surface area contributed by atoms with Crippen LogP contribution >= 0.6 is 0 Å². The molecular formula is C13H13N3O2. The molecule has 0 fully saturated rings. The first-order valence-corrected chi connectivity index (χ1v) is 5.60. The number of hydrogen-bond acceptors (Lipinski definition) is 3. The van der Waals surface area contributed by atoms with Gasteiger partial charge >= 0.3 is 6.09 Å². The van der Waals surface area contributed by atoms with Crippen molar-refractivity contribution >= 4 is 11.8 Å². The van der Waals surface area contributed by atoms with Crippen LogP contribution in [0.15, 0.2) is 42.7 Å². The minimum atomic E-state index is -1.01. The van der Waals surface area contributed by atoms with Crippen LogP contribution in [0.2, 0.25) is 0 Å². The zero-order chi connectivity index (χ0) is 13.0. The lowest BCUT2D eigenvalue weighted by Gasteiger charge is -2.15. The highest BCUT2D eigenvalue weighted by Crippen LogP contribution is 2.17. The number of amides is 1. The van der Waals surface area contributed by atoms with Gasteiger partial charge in [-0.25, -0.2) is 14.8 Å². The first-order chi connectivity index (χ1) is 8.72. The number of nitrogens with zero attached hydrogens (tertiary/aromatic N) is 3. The van der Waals surface area contributed by atoms with Crippen LogP contribution in [0.5, 0.6) is 0 Å². The molecule has 0 spiro atoms. The van der Waals surface area contributed by atoms with Crippen LogP contribution in [0.3, 0.4) is 0 Å². The predicted molar refractivity (Wildman–Crippen MR) is 68.5 cm³/mol. The summed E-state index contributed by atoms with van der Waals surface area (Å²) in [5, 5.41) is 8.98. The van der Waals surface area contributed by atoms with Crippen molar-refractivity contribution in [1.82, 2.24) is 9.97 Å². The van der Waals surface area contributed by atoms with Crippen molar-refractivity contribution < 1.29 is 9.90 Å². The van der Waals surface area contributed by atoms with Gasteiger partial charge in [-0.2, -0.15) is 0 Å². The second-order valence-corrected chi connectivity index (χ2v) is 3.66. The third-order valence-electron chi connectivity index (χ3n) is 2.53. The number of benzene rings is 1. The van der Waals surface area contributed by atoms with Gasteiger partial charge in [-0.1, -0.05) is 30.3 Å². The second kappa shape index (κ2) is 5.27. The molecule has 0 aliphatic carbocycles. The van der Waals surface area contributed by atoms with E-state index in [1.165, 1.54) is 17.3 Å². The average Bonchev–Trinajstić information content (AvgIpc) is 2.41. The van der Waals surface area contributed by atoms with Crippen LogP contribution in [-0.4, -0.2) is 27.7 Å². The Morgan fingerprint density at radius 1 is 1.22 bits per heavy atom. The van der Waals surface area contributed by atoms with Crippen LogP contribution < -0.4 is 4.90 Å². The Morgan fingerprint density at radius 2 is 1.83 bits per heavy atom. The average molecular weight is 243 g/mol. The maximum Gasteiger partial charge on any atom is 0.411 e. The number of carboxylic acid groups (broad SMARTS) is 1. The fraction of sp³-hybridized carbons (Fsp3) is 0.154. The smallest absolute Gasteiger partial charge is 0.411 e. The molecule has 1 aromatic carbocycles. The van der Waals surface area contributed by atoms with E-state index in [1.54, 1.807) is 6.92 Å². The van der Waals surface area contributed by atoms with Crippen molar-refractivity contribution in [2.24, 2.45) is 0 Å². The van der Waals surface area contributed by atoms with E-state index in [2.05, 4.69) is 9.97 Å². The van der Waals surface area contributed by atoms with Gasteiger partial charge in [0, 0.05) is 12.1 Å². The highest BCUT2D eigenvalue weighted by molar-refractivity contribution is 5.85. The van der Waals surface area contributed by atoms with Crippen molar-refractivity contribution in [1.29, 1.82) is 0 Å². The normalized spacial score (nSPS) is 10.1. The molecule has 92 valence electrons. The molecule has 1 heterocycles. The molecule has 0 aliphatic heterocycles. The summed E-state index contributed by atoms with van der Waals surface area (Å²) in [5.74, 6) is 0.584. The molecule has 18 heavy (non-hydrogen) atoms. The largest absolute Gasteiger partial charge is 0.465 e. The van der Waals surface area contributed by atoms with Crippen molar-refractivity contribution in [3.63, 3.8) is 0 Å². The van der Waals surface area contributed by atoms with E-state index in [-0.39, 0.29) is 0 Å². The first-order valence-electron chi connectivity index (χ1n) is 5.60. The summed E-state index contributed by atoms with van der Waals surface area (Å²) in [6, 6.07) is 9.54. The van der Waals surface area contributed by atoms with Crippen molar-refractivity contribution in [3.05, 3.63) is 42.7 Å². The lowest BCUT2D eigenvalue weighted by Crippen LogP contribution is -2.28. The molecule has 2 aromatic rings. The van der Waals surface area contributed by atoms with Crippen molar-refractivity contribution in [2.45, 2.75) is 6.92 Å². The maximum absolute atomic E-state index is 11.0. The summed E-state index contributed by atoms with van der Waals surface area (Å²) < 4.78 is 0. The highest BCUT2D eigenvalue weighted by Gasteiger charge is 2.12. The van der Waals surface area contributed by atoms with Gasteiger partial charge in [-0.15, -0.1) is 0 Å². The Kier molecular flexibility index (Phi) is 3.52. The van der Waals surface area contributed by atoms with E-state index in [4.69, 9.17) is 5.11 Å². The molecule has 0 bridgehead atoms. The maximum atomic E-state index is 11.0. The minimum Gasteiger partial charge on any atom is -0.465 e. The lowest BCUT2D eigenvalue weighted by atomic mass is 10.2. The van der Waals surface area contributed by atoms with Gasteiger partial charge in [0.15, 0.2) is 5.82 Å². The number of rotatable bonds is 3. The molecule has 0 saturated carbocycles. The number of hydrogen-bond donors (Lipinski definition) is 1. The number of anilines is 1. The molecule has 0 aliphatic rings. The van der Waals surface area contributed by atoms with Gasteiger partial charge in [0.1, 0.15) is 0 Å². The van der Waals surface area contributed by atoms with Gasteiger partial charge in [-0.3, -0.25) is 4.90 Å². The SMILES string of the molecule is CCN(C(=O)O)c1cnc(-c2ccccc2)nc1. The monoisotopic (exact) mass is 243 g/mol. The summed E-state index contributed by atoms with van der Waals surface area (Å²) in [6.07, 6.45) is 2.04. The van der Waals surface area contributed by atoms with E-state index in [0.29, 0.717) is 18.1 Å². The van der Waals surface area contributed by atoms with E-state index in [0.717, 1.165) is 5.56 Å². The van der Waals surface area contributed by atoms with Gasteiger partial charge < -0.3 is 5.11 Å². The van der Waals surface area contributed by atoms with Gasteiger partial charge in [0.2, 0.25) is 0 Å². The van der Waals surface area contributed by atoms with Crippen LogP contribution in [0.4, 0.5) is 10.5 Å². The Labute approximate surface area is 105 Å². The molecule has 1 N–H and O–H groups in total.